The molecule has 29 heavy (non-hydrogen) atoms. The summed E-state index contributed by atoms with van der Waals surface area (Å²) in [7, 11) is 0. The van der Waals surface area contributed by atoms with Crippen molar-refractivity contribution < 1.29 is 9.53 Å². The Balaban J connectivity index is 1.61. The van der Waals surface area contributed by atoms with Crippen molar-refractivity contribution in [2.75, 3.05) is 32.8 Å². The van der Waals surface area contributed by atoms with Crippen molar-refractivity contribution in [3.8, 4) is 17.0 Å². The number of pyridine rings is 2. The van der Waals surface area contributed by atoms with Crippen LogP contribution in [0.3, 0.4) is 0 Å². The molecule has 0 unspecified atom stereocenters. The maximum atomic E-state index is 13.3. The van der Waals surface area contributed by atoms with Gasteiger partial charge in [-0.2, -0.15) is 0 Å². The van der Waals surface area contributed by atoms with E-state index >= 15 is 0 Å². The summed E-state index contributed by atoms with van der Waals surface area (Å²) in [4.78, 5) is 22.4. The van der Waals surface area contributed by atoms with Crippen LogP contribution >= 0.6 is 0 Å². The minimum atomic E-state index is -0.579. The van der Waals surface area contributed by atoms with Gasteiger partial charge in [0.05, 0.1) is 17.7 Å². The zero-order valence-electron chi connectivity index (χ0n) is 16.9. The third-order valence-electron chi connectivity index (χ3n) is 5.90. The van der Waals surface area contributed by atoms with Gasteiger partial charge in [0.25, 0.3) is 0 Å². The molecule has 2 aliphatic heterocycles. The van der Waals surface area contributed by atoms with Crippen LogP contribution in [0.4, 0.5) is 0 Å². The largest absolute Gasteiger partial charge is 0.478 e. The first-order valence-electron chi connectivity index (χ1n) is 10.5. The van der Waals surface area contributed by atoms with E-state index in [1.807, 2.05) is 37.4 Å². The van der Waals surface area contributed by atoms with Gasteiger partial charge in [0.2, 0.25) is 11.8 Å². The second kappa shape index (κ2) is 8.88. The van der Waals surface area contributed by atoms with Crippen molar-refractivity contribution in [3.05, 3.63) is 42.4 Å². The van der Waals surface area contributed by atoms with E-state index in [-0.39, 0.29) is 11.9 Å². The topological polar surface area (TPSA) is 88.2 Å². The van der Waals surface area contributed by atoms with Crippen LogP contribution < -0.4 is 20.7 Å². The van der Waals surface area contributed by atoms with Gasteiger partial charge in [0.15, 0.2) is 0 Å². The summed E-state index contributed by atoms with van der Waals surface area (Å²) in [5, 5.41) is 9.95. The molecule has 3 N–H and O–H groups in total. The molecule has 2 aromatic heterocycles. The van der Waals surface area contributed by atoms with Crippen LogP contribution in [0.15, 0.2) is 36.7 Å². The number of nitrogens with one attached hydrogen (secondary N) is 3. The summed E-state index contributed by atoms with van der Waals surface area (Å²) in [5.41, 5.74) is 2.11. The highest BCUT2D eigenvalue weighted by Crippen LogP contribution is 2.35. The predicted octanol–water partition coefficient (Wildman–Crippen LogP) is 1.64. The van der Waals surface area contributed by atoms with Crippen LogP contribution in [0.5, 0.6) is 5.88 Å². The zero-order chi connectivity index (χ0) is 20.1. The number of piperidine rings is 1. The molecule has 2 aromatic rings. The Morgan fingerprint density at radius 3 is 2.76 bits per heavy atom. The molecule has 0 radical (unpaired) electrons. The standard InChI is InChI=1S/C22H29N5O2/c1-2-29-20-18(4-3-10-25-20)16-5-6-19(26-14-16)22(8-12-23-13-9-22)21(28)27-17-7-11-24-15-17/h3-6,10,14,17,23-24H,2,7-9,11-13,15H2,1H3,(H,27,28)/t17-/m1/s1. The van der Waals surface area contributed by atoms with Gasteiger partial charge in [-0.1, -0.05) is 6.07 Å². The van der Waals surface area contributed by atoms with Gasteiger partial charge < -0.3 is 20.7 Å². The van der Waals surface area contributed by atoms with Crippen molar-refractivity contribution in [3.63, 3.8) is 0 Å². The van der Waals surface area contributed by atoms with E-state index in [0.29, 0.717) is 12.5 Å². The molecular formula is C22H29N5O2. The minimum absolute atomic E-state index is 0.101. The van der Waals surface area contributed by atoms with Crippen molar-refractivity contribution in [1.29, 1.82) is 0 Å². The van der Waals surface area contributed by atoms with Crippen LogP contribution in [-0.2, 0) is 10.2 Å². The van der Waals surface area contributed by atoms with E-state index in [4.69, 9.17) is 9.72 Å². The quantitative estimate of drug-likeness (QED) is 0.689. The Hall–Kier alpha value is -2.51. The number of hydrogen-bond acceptors (Lipinski definition) is 6. The lowest BCUT2D eigenvalue weighted by molar-refractivity contribution is -0.128. The highest BCUT2D eigenvalue weighted by Gasteiger charge is 2.43. The Morgan fingerprint density at radius 2 is 2.07 bits per heavy atom. The molecule has 1 atom stereocenters. The van der Waals surface area contributed by atoms with Gasteiger partial charge in [-0.15, -0.1) is 0 Å². The number of nitrogens with zero attached hydrogens (tertiary/aromatic N) is 2. The van der Waals surface area contributed by atoms with Gasteiger partial charge in [0, 0.05) is 36.1 Å². The summed E-state index contributed by atoms with van der Waals surface area (Å²) in [6.07, 6.45) is 6.05. The smallest absolute Gasteiger partial charge is 0.232 e. The number of ether oxygens (including phenoxy) is 1. The molecule has 0 aromatic carbocycles. The van der Waals surface area contributed by atoms with E-state index < -0.39 is 5.41 Å². The Labute approximate surface area is 171 Å². The number of carbonyl (C=O) groups excluding carboxylic acids is 1. The van der Waals surface area contributed by atoms with Crippen molar-refractivity contribution in [1.82, 2.24) is 25.9 Å². The SMILES string of the molecule is CCOc1ncccc1-c1ccc(C2(C(=O)N[C@@H]3CCNC3)CCNCC2)nc1. The summed E-state index contributed by atoms with van der Waals surface area (Å²) >= 11 is 0. The molecule has 0 bridgehead atoms. The molecule has 154 valence electrons. The van der Waals surface area contributed by atoms with E-state index in [2.05, 4.69) is 20.9 Å². The average molecular weight is 396 g/mol. The number of amides is 1. The first-order valence-corrected chi connectivity index (χ1v) is 10.5. The Kier molecular flexibility index (Phi) is 6.06. The molecule has 4 heterocycles. The van der Waals surface area contributed by atoms with Crippen molar-refractivity contribution in [2.24, 2.45) is 0 Å². The van der Waals surface area contributed by atoms with E-state index in [1.54, 1.807) is 6.20 Å². The molecule has 4 rings (SSSR count). The fourth-order valence-corrected chi connectivity index (χ4v) is 4.25. The molecule has 0 aliphatic carbocycles. The molecule has 2 fully saturated rings. The first-order chi connectivity index (χ1) is 14.2. The summed E-state index contributed by atoms with van der Waals surface area (Å²) < 4.78 is 5.65. The fourth-order valence-electron chi connectivity index (χ4n) is 4.25. The Bertz CT molecular complexity index is 827. The molecule has 7 nitrogen and oxygen atoms in total. The number of hydrogen-bond donors (Lipinski definition) is 3. The summed E-state index contributed by atoms with van der Waals surface area (Å²) in [5.74, 6) is 0.705. The monoisotopic (exact) mass is 395 g/mol. The van der Waals surface area contributed by atoms with E-state index in [0.717, 1.165) is 62.3 Å². The number of rotatable bonds is 6. The van der Waals surface area contributed by atoms with Gasteiger partial charge in [-0.25, -0.2) is 4.98 Å². The predicted molar refractivity (Wildman–Crippen MR) is 112 cm³/mol. The maximum absolute atomic E-state index is 13.3. The van der Waals surface area contributed by atoms with Crippen LogP contribution in [0, 0.1) is 0 Å². The average Bonchev–Trinajstić information content (AvgIpc) is 3.28. The minimum Gasteiger partial charge on any atom is -0.478 e. The molecule has 2 saturated heterocycles. The number of aromatic nitrogens is 2. The highest BCUT2D eigenvalue weighted by atomic mass is 16.5. The number of carbonyl (C=O) groups is 1. The lowest BCUT2D eigenvalue weighted by Gasteiger charge is -2.36. The van der Waals surface area contributed by atoms with Crippen LogP contribution in [0.2, 0.25) is 0 Å². The summed E-state index contributed by atoms with van der Waals surface area (Å²) in [6, 6.07) is 8.10. The molecule has 0 saturated carbocycles. The molecule has 1 amide bonds. The fraction of sp³-hybridized carbons (Fsp3) is 0.500. The highest BCUT2D eigenvalue weighted by molar-refractivity contribution is 5.88. The first kappa shape index (κ1) is 19.8. The van der Waals surface area contributed by atoms with Crippen LogP contribution in [0.25, 0.3) is 11.1 Å². The van der Waals surface area contributed by atoms with Crippen molar-refractivity contribution >= 4 is 5.91 Å². The molecule has 0 spiro atoms. The lowest BCUT2D eigenvalue weighted by atomic mass is 9.74. The second-order valence-corrected chi connectivity index (χ2v) is 7.72. The van der Waals surface area contributed by atoms with Gasteiger partial charge >= 0.3 is 0 Å². The Morgan fingerprint density at radius 1 is 1.21 bits per heavy atom. The molecule has 7 heteroatoms. The normalized spacial score (nSPS) is 20.9. The molecular weight excluding hydrogens is 366 g/mol. The second-order valence-electron chi connectivity index (χ2n) is 7.72. The van der Waals surface area contributed by atoms with Crippen LogP contribution in [-0.4, -0.2) is 54.7 Å². The zero-order valence-corrected chi connectivity index (χ0v) is 16.9. The third kappa shape index (κ3) is 4.11. The van der Waals surface area contributed by atoms with Gasteiger partial charge in [0.1, 0.15) is 0 Å². The summed E-state index contributed by atoms with van der Waals surface area (Å²) in [6.45, 7) is 5.93. The lowest BCUT2D eigenvalue weighted by Crippen LogP contribution is -2.53. The van der Waals surface area contributed by atoms with Crippen molar-refractivity contribution in [2.45, 2.75) is 37.6 Å². The van der Waals surface area contributed by atoms with Crippen LogP contribution in [0.1, 0.15) is 31.9 Å². The third-order valence-corrected chi connectivity index (χ3v) is 5.90. The van der Waals surface area contributed by atoms with Gasteiger partial charge in [-0.3, -0.25) is 9.78 Å². The van der Waals surface area contributed by atoms with E-state index in [1.165, 1.54) is 0 Å². The maximum Gasteiger partial charge on any atom is 0.232 e. The van der Waals surface area contributed by atoms with Gasteiger partial charge in [-0.05, 0) is 64.0 Å². The molecule has 2 aliphatic rings. The van der Waals surface area contributed by atoms with E-state index in [9.17, 15) is 4.79 Å².